The Labute approximate surface area is 146 Å². The van der Waals surface area contributed by atoms with Crippen LogP contribution in [0.1, 0.15) is 41.6 Å². The molecular formula is C18H23NO6. The molecule has 136 valence electrons. The van der Waals surface area contributed by atoms with Crippen molar-refractivity contribution in [2.24, 2.45) is 0 Å². The number of unbranched alkanes of at least 4 members (excludes halogenated alkanes) is 1. The Balaban J connectivity index is 2.67. The summed E-state index contributed by atoms with van der Waals surface area (Å²) in [6.45, 7) is 0. The van der Waals surface area contributed by atoms with E-state index < -0.39 is 23.9 Å². The van der Waals surface area contributed by atoms with Crippen molar-refractivity contribution in [1.82, 2.24) is 5.32 Å². The van der Waals surface area contributed by atoms with E-state index in [2.05, 4.69) is 14.8 Å². The van der Waals surface area contributed by atoms with Crippen molar-refractivity contribution in [1.29, 1.82) is 0 Å². The van der Waals surface area contributed by atoms with Crippen molar-refractivity contribution in [3.8, 4) is 0 Å². The van der Waals surface area contributed by atoms with Crippen molar-refractivity contribution < 1.29 is 28.7 Å². The van der Waals surface area contributed by atoms with Crippen LogP contribution in [0, 0.1) is 0 Å². The summed E-state index contributed by atoms with van der Waals surface area (Å²) < 4.78 is 9.19. The quantitative estimate of drug-likeness (QED) is 0.390. The molecule has 7 nitrogen and oxygen atoms in total. The van der Waals surface area contributed by atoms with E-state index in [4.69, 9.17) is 0 Å². The van der Waals surface area contributed by atoms with Gasteiger partial charge >= 0.3 is 11.9 Å². The summed E-state index contributed by atoms with van der Waals surface area (Å²) in [6.07, 6.45) is 2.98. The van der Waals surface area contributed by atoms with Gasteiger partial charge in [0.1, 0.15) is 12.3 Å². The average Bonchev–Trinajstić information content (AvgIpc) is 2.64. The minimum absolute atomic E-state index is 0.00772. The van der Waals surface area contributed by atoms with Gasteiger partial charge in [0.2, 0.25) is 0 Å². The van der Waals surface area contributed by atoms with E-state index in [0.29, 0.717) is 12.0 Å². The first-order chi connectivity index (χ1) is 12.0. The minimum Gasteiger partial charge on any atom is -0.469 e. The van der Waals surface area contributed by atoms with Crippen molar-refractivity contribution in [2.45, 2.75) is 38.1 Å². The van der Waals surface area contributed by atoms with Crippen molar-refractivity contribution in [3.63, 3.8) is 0 Å². The highest BCUT2D eigenvalue weighted by molar-refractivity contribution is 5.96. The SMILES string of the molecule is COC(=O)CC[C@H](NC(=O)c1ccc(CCCC=O)cc1)C(=O)OC. The summed E-state index contributed by atoms with van der Waals surface area (Å²) in [6, 6.07) is 5.99. The minimum atomic E-state index is -0.927. The maximum atomic E-state index is 12.3. The van der Waals surface area contributed by atoms with E-state index in [9.17, 15) is 19.2 Å². The number of ether oxygens (including phenoxy) is 2. The van der Waals surface area contributed by atoms with E-state index >= 15 is 0 Å². The van der Waals surface area contributed by atoms with Gasteiger partial charge in [-0.15, -0.1) is 0 Å². The van der Waals surface area contributed by atoms with E-state index in [0.717, 1.165) is 24.7 Å². The third-order valence-electron chi connectivity index (χ3n) is 3.66. The van der Waals surface area contributed by atoms with Crippen LogP contribution < -0.4 is 5.32 Å². The number of aryl methyl sites for hydroxylation is 1. The van der Waals surface area contributed by atoms with Crippen LogP contribution in [0.3, 0.4) is 0 Å². The molecule has 1 rings (SSSR count). The van der Waals surface area contributed by atoms with Crippen LogP contribution in [0.25, 0.3) is 0 Å². The normalized spacial score (nSPS) is 11.3. The van der Waals surface area contributed by atoms with Crippen LogP contribution >= 0.6 is 0 Å². The second kappa shape index (κ2) is 11.0. The molecule has 0 bridgehead atoms. The number of carbonyl (C=O) groups is 4. The van der Waals surface area contributed by atoms with Crippen molar-refractivity contribution in [3.05, 3.63) is 35.4 Å². The lowest BCUT2D eigenvalue weighted by Crippen LogP contribution is -2.41. The van der Waals surface area contributed by atoms with Gasteiger partial charge in [-0.1, -0.05) is 12.1 Å². The van der Waals surface area contributed by atoms with Gasteiger partial charge in [-0.3, -0.25) is 9.59 Å². The first-order valence-electron chi connectivity index (χ1n) is 8.00. The van der Waals surface area contributed by atoms with Gasteiger partial charge in [0.25, 0.3) is 5.91 Å². The second-order valence-corrected chi connectivity index (χ2v) is 5.42. The number of methoxy groups -OCH3 is 2. The Kier molecular flexibility index (Phi) is 8.92. The molecule has 0 radical (unpaired) electrons. The standard InChI is InChI=1S/C18H23NO6/c1-24-16(21)11-10-15(18(23)25-2)19-17(22)14-8-6-13(7-9-14)5-3-4-12-20/h6-9,12,15H,3-5,10-11H2,1-2H3,(H,19,22)/t15-/m0/s1. The van der Waals surface area contributed by atoms with Crippen LogP contribution in [-0.4, -0.2) is 44.4 Å². The molecule has 0 saturated carbocycles. The average molecular weight is 349 g/mol. The van der Waals surface area contributed by atoms with Crippen LogP contribution in [0.4, 0.5) is 0 Å². The molecule has 0 aliphatic carbocycles. The first kappa shape index (κ1) is 20.3. The fourth-order valence-corrected chi connectivity index (χ4v) is 2.21. The van der Waals surface area contributed by atoms with Gasteiger partial charge in [0, 0.05) is 18.4 Å². The fraction of sp³-hybridized carbons (Fsp3) is 0.444. The summed E-state index contributed by atoms with van der Waals surface area (Å²) in [7, 11) is 2.47. The monoisotopic (exact) mass is 349 g/mol. The van der Waals surface area contributed by atoms with Gasteiger partial charge in [-0.05, 0) is 37.0 Å². The summed E-state index contributed by atoms with van der Waals surface area (Å²) in [4.78, 5) is 45.6. The zero-order valence-corrected chi connectivity index (χ0v) is 14.4. The number of amides is 1. The van der Waals surface area contributed by atoms with Crippen LogP contribution in [-0.2, 0) is 30.3 Å². The number of carbonyl (C=O) groups excluding carboxylic acids is 4. The van der Waals surface area contributed by atoms with E-state index in [1.165, 1.54) is 14.2 Å². The van der Waals surface area contributed by atoms with E-state index in [1.807, 2.05) is 0 Å². The number of rotatable bonds is 10. The van der Waals surface area contributed by atoms with Crippen molar-refractivity contribution in [2.75, 3.05) is 14.2 Å². The fourth-order valence-electron chi connectivity index (χ4n) is 2.21. The number of benzene rings is 1. The number of nitrogens with one attached hydrogen (secondary N) is 1. The molecule has 0 aliphatic rings. The number of esters is 2. The van der Waals surface area contributed by atoms with Crippen LogP contribution in [0.15, 0.2) is 24.3 Å². The molecule has 0 aromatic heterocycles. The molecule has 1 atom stereocenters. The summed E-state index contributed by atoms with van der Waals surface area (Å²) >= 11 is 0. The molecule has 1 N–H and O–H groups in total. The lowest BCUT2D eigenvalue weighted by atomic mass is 10.1. The molecule has 0 aliphatic heterocycles. The Morgan fingerprint density at radius 3 is 2.36 bits per heavy atom. The van der Waals surface area contributed by atoms with Crippen LogP contribution in [0.5, 0.6) is 0 Å². The number of hydrogen-bond acceptors (Lipinski definition) is 6. The molecule has 0 fully saturated rings. The van der Waals surface area contributed by atoms with E-state index in [-0.39, 0.29) is 12.8 Å². The van der Waals surface area contributed by atoms with Gasteiger partial charge in [0.05, 0.1) is 14.2 Å². The molecule has 1 amide bonds. The molecule has 0 spiro atoms. The smallest absolute Gasteiger partial charge is 0.328 e. The maximum absolute atomic E-state index is 12.3. The molecule has 1 aromatic carbocycles. The van der Waals surface area contributed by atoms with Gasteiger partial charge in [-0.2, -0.15) is 0 Å². The van der Waals surface area contributed by atoms with Gasteiger partial charge in [-0.25, -0.2) is 4.79 Å². The molecular weight excluding hydrogens is 326 g/mol. The molecule has 1 aromatic rings. The second-order valence-electron chi connectivity index (χ2n) is 5.42. The first-order valence-corrected chi connectivity index (χ1v) is 8.00. The number of aldehydes is 1. The largest absolute Gasteiger partial charge is 0.469 e. The molecule has 0 unspecified atom stereocenters. The Morgan fingerprint density at radius 1 is 1.12 bits per heavy atom. The highest BCUT2D eigenvalue weighted by atomic mass is 16.5. The predicted octanol–water partition coefficient (Wildman–Crippen LogP) is 1.43. The zero-order chi connectivity index (χ0) is 18.7. The third kappa shape index (κ3) is 7.15. The van der Waals surface area contributed by atoms with Gasteiger partial charge in [0.15, 0.2) is 0 Å². The predicted molar refractivity (Wildman–Crippen MR) is 90.0 cm³/mol. The van der Waals surface area contributed by atoms with Crippen LogP contribution in [0.2, 0.25) is 0 Å². The highest BCUT2D eigenvalue weighted by Gasteiger charge is 2.23. The Morgan fingerprint density at radius 2 is 1.80 bits per heavy atom. The highest BCUT2D eigenvalue weighted by Crippen LogP contribution is 2.09. The molecule has 25 heavy (non-hydrogen) atoms. The maximum Gasteiger partial charge on any atom is 0.328 e. The lowest BCUT2D eigenvalue weighted by molar-refractivity contribution is -0.144. The third-order valence-corrected chi connectivity index (χ3v) is 3.66. The molecule has 0 saturated heterocycles. The van der Waals surface area contributed by atoms with Crippen molar-refractivity contribution >= 4 is 24.1 Å². The zero-order valence-electron chi connectivity index (χ0n) is 14.4. The van der Waals surface area contributed by atoms with E-state index in [1.54, 1.807) is 24.3 Å². The summed E-state index contributed by atoms with van der Waals surface area (Å²) in [5, 5.41) is 2.57. The summed E-state index contributed by atoms with van der Waals surface area (Å²) in [5.41, 5.74) is 1.42. The molecule has 7 heteroatoms. The Hall–Kier alpha value is -2.70. The summed E-state index contributed by atoms with van der Waals surface area (Å²) in [5.74, 6) is -1.52. The lowest BCUT2D eigenvalue weighted by Gasteiger charge is -2.16. The molecule has 0 heterocycles. The number of hydrogen-bond donors (Lipinski definition) is 1. The van der Waals surface area contributed by atoms with Gasteiger partial charge < -0.3 is 19.6 Å². The topological polar surface area (TPSA) is 98.8 Å². The Bertz CT molecular complexity index is 596.